The van der Waals surface area contributed by atoms with E-state index in [2.05, 4.69) is 37.5 Å². The van der Waals surface area contributed by atoms with Crippen molar-refractivity contribution in [2.24, 2.45) is 5.92 Å². The van der Waals surface area contributed by atoms with Gasteiger partial charge >= 0.3 is 11.9 Å². The zero-order valence-electron chi connectivity index (χ0n) is 35.4. The Hall–Kier alpha value is -1.22. The van der Waals surface area contributed by atoms with Crippen LogP contribution in [-0.4, -0.2) is 92.2 Å². The van der Waals surface area contributed by atoms with Gasteiger partial charge in [-0.3, -0.25) is 9.59 Å². The minimum Gasteiger partial charge on any atom is -0.458 e. The van der Waals surface area contributed by atoms with E-state index in [0.29, 0.717) is 6.61 Å². The fraction of sp³-hybridized carbons (Fsp3) is 0.955. The van der Waals surface area contributed by atoms with Crippen LogP contribution in [0.15, 0.2) is 0 Å². The summed E-state index contributed by atoms with van der Waals surface area (Å²) in [6.45, 7) is 20.9. The van der Waals surface area contributed by atoms with Crippen molar-refractivity contribution in [3.63, 3.8) is 0 Å². The van der Waals surface area contributed by atoms with Gasteiger partial charge in [-0.1, -0.05) is 150 Å². The quantitative estimate of drug-likeness (QED) is 0.0470. The van der Waals surface area contributed by atoms with E-state index in [9.17, 15) is 9.59 Å². The van der Waals surface area contributed by atoms with Gasteiger partial charge < -0.3 is 28.7 Å². The SMILES string of the molecule is CCCCCCCCCCCCN(CC)CCCN(CCCCCCCCCCCC)CCCOC1OC(CC)C(C)C(OC(C)=O)C1OC(C)=O. The molecule has 1 saturated heterocycles. The van der Waals surface area contributed by atoms with Gasteiger partial charge in [0.25, 0.3) is 0 Å². The minimum absolute atomic E-state index is 0.109. The molecule has 8 nitrogen and oxygen atoms in total. The maximum absolute atomic E-state index is 12.0. The van der Waals surface area contributed by atoms with Gasteiger partial charge in [0.15, 0.2) is 12.4 Å². The Morgan fingerprint density at radius 2 is 0.923 bits per heavy atom. The number of esters is 2. The molecule has 0 bridgehead atoms. The van der Waals surface area contributed by atoms with Crippen molar-refractivity contribution >= 4 is 11.9 Å². The summed E-state index contributed by atoms with van der Waals surface area (Å²) >= 11 is 0. The molecule has 0 aromatic carbocycles. The number of carbonyl (C=O) groups excluding carboxylic acids is 2. The van der Waals surface area contributed by atoms with E-state index in [1.54, 1.807) is 0 Å². The van der Waals surface area contributed by atoms with Crippen LogP contribution in [0.4, 0.5) is 0 Å². The maximum atomic E-state index is 12.0. The number of ether oxygens (including phenoxy) is 4. The van der Waals surface area contributed by atoms with Gasteiger partial charge in [-0.05, 0) is 64.8 Å². The third-order valence-electron chi connectivity index (χ3n) is 11.0. The van der Waals surface area contributed by atoms with E-state index in [0.717, 1.165) is 45.6 Å². The van der Waals surface area contributed by atoms with Gasteiger partial charge in [0.2, 0.25) is 0 Å². The molecule has 52 heavy (non-hydrogen) atoms. The van der Waals surface area contributed by atoms with Crippen LogP contribution in [0, 0.1) is 5.92 Å². The molecule has 0 amide bonds. The molecule has 308 valence electrons. The second-order valence-electron chi connectivity index (χ2n) is 15.7. The molecule has 0 spiro atoms. The first-order valence-electron chi connectivity index (χ1n) is 22.3. The largest absolute Gasteiger partial charge is 0.458 e. The lowest BCUT2D eigenvalue weighted by atomic mass is 9.89. The van der Waals surface area contributed by atoms with Crippen LogP contribution in [0.25, 0.3) is 0 Å². The lowest BCUT2D eigenvalue weighted by Gasteiger charge is -2.44. The van der Waals surface area contributed by atoms with Crippen LogP contribution in [0.2, 0.25) is 0 Å². The van der Waals surface area contributed by atoms with Gasteiger partial charge in [-0.2, -0.15) is 0 Å². The van der Waals surface area contributed by atoms with Crippen molar-refractivity contribution in [3.8, 4) is 0 Å². The highest BCUT2D eigenvalue weighted by Gasteiger charge is 2.47. The Balaban J connectivity index is 2.59. The summed E-state index contributed by atoms with van der Waals surface area (Å²) in [5.74, 6) is -0.932. The second-order valence-corrected chi connectivity index (χ2v) is 15.7. The highest BCUT2D eigenvalue weighted by Crippen LogP contribution is 2.32. The summed E-state index contributed by atoms with van der Waals surface area (Å²) in [5.41, 5.74) is 0. The summed E-state index contributed by atoms with van der Waals surface area (Å²) in [5, 5.41) is 0. The molecule has 1 fully saturated rings. The topological polar surface area (TPSA) is 77.5 Å². The fourth-order valence-electron chi connectivity index (χ4n) is 7.74. The fourth-order valence-corrected chi connectivity index (χ4v) is 7.74. The highest BCUT2D eigenvalue weighted by atomic mass is 16.7. The van der Waals surface area contributed by atoms with E-state index >= 15 is 0 Å². The standard InChI is InChI=1S/C44H86N2O6/c1-8-12-14-16-18-20-22-24-26-28-32-45(11-4)34-30-35-46(33-29-27-25-23-21-19-17-15-13-9-2)36-31-37-49-44-43(51-40(7)48)42(50-39(6)47)38(5)41(10-3)52-44/h38,41-44H,8-37H2,1-7H3. The van der Waals surface area contributed by atoms with Gasteiger partial charge in [-0.15, -0.1) is 0 Å². The average Bonchev–Trinajstić information content (AvgIpc) is 3.12. The van der Waals surface area contributed by atoms with Crippen molar-refractivity contribution in [2.45, 2.75) is 221 Å². The summed E-state index contributed by atoms with van der Waals surface area (Å²) in [4.78, 5) is 29.3. The Kier molecular flexibility index (Phi) is 31.1. The number of nitrogens with zero attached hydrogens (tertiary/aromatic N) is 2. The second kappa shape index (κ2) is 33.1. The van der Waals surface area contributed by atoms with Crippen LogP contribution in [0.1, 0.15) is 196 Å². The summed E-state index contributed by atoms with van der Waals surface area (Å²) in [6, 6.07) is 0. The number of carbonyl (C=O) groups is 2. The van der Waals surface area contributed by atoms with E-state index in [1.165, 1.54) is 155 Å². The zero-order chi connectivity index (χ0) is 38.2. The van der Waals surface area contributed by atoms with Crippen LogP contribution in [0.3, 0.4) is 0 Å². The van der Waals surface area contributed by atoms with Gasteiger partial charge in [0.1, 0.15) is 6.10 Å². The van der Waals surface area contributed by atoms with Crippen LogP contribution < -0.4 is 0 Å². The minimum atomic E-state index is -0.780. The lowest BCUT2D eigenvalue weighted by molar-refractivity contribution is -0.290. The first-order chi connectivity index (χ1) is 25.3. The number of unbranched alkanes of at least 4 members (excludes halogenated alkanes) is 18. The van der Waals surface area contributed by atoms with Gasteiger partial charge in [0.05, 0.1) is 12.7 Å². The first-order valence-corrected chi connectivity index (χ1v) is 22.3. The lowest BCUT2D eigenvalue weighted by Crippen LogP contribution is -2.57. The number of hydrogen-bond acceptors (Lipinski definition) is 8. The Labute approximate surface area is 322 Å². The van der Waals surface area contributed by atoms with E-state index in [-0.39, 0.29) is 12.0 Å². The molecule has 1 rings (SSSR count). The number of rotatable bonds is 35. The molecule has 0 aliphatic carbocycles. The molecule has 0 aromatic rings. The predicted molar refractivity (Wildman–Crippen MR) is 217 cm³/mol. The molecule has 5 atom stereocenters. The molecule has 1 aliphatic heterocycles. The van der Waals surface area contributed by atoms with Crippen molar-refractivity contribution < 1.29 is 28.5 Å². The third-order valence-corrected chi connectivity index (χ3v) is 11.0. The molecular formula is C44H86N2O6. The van der Waals surface area contributed by atoms with Crippen LogP contribution >= 0.6 is 0 Å². The maximum Gasteiger partial charge on any atom is 0.303 e. The zero-order valence-corrected chi connectivity index (χ0v) is 35.4. The van der Waals surface area contributed by atoms with Crippen molar-refractivity contribution in [3.05, 3.63) is 0 Å². The van der Waals surface area contributed by atoms with Crippen LogP contribution in [0.5, 0.6) is 0 Å². The highest BCUT2D eigenvalue weighted by molar-refractivity contribution is 5.67. The molecule has 1 aliphatic rings. The smallest absolute Gasteiger partial charge is 0.303 e. The average molecular weight is 739 g/mol. The molecule has 1 heterocycles. The van der Waals surface area contributed by atoms with E-state index < -0.39 is 30.4 Å². The van der Waals surface area contributed by atoms with Crippen molar-refractivity contribution in [2.75, 3.05) is 45.9 Å². The third kappa shape index (κ3) is 24.2. The molecule has 0 saturated carbocycles. The molecule has 0 radical (unpaired) electrons. The molecular weight excluding hydrogens is 652 g/mol. The summed E-state index contributed by atoms with van der Waals surface area (Å²) in [6.07, 6.45) is 27.9. The monoisotopic (exact) mass is 739 g/mol. The van der Waals surface area contributed by atoms with Crippen LogP contribution in [-0.2, 0) is 28.5 Å². The van der Waals surface area contributed by atoms with E-state index in [4.69, 9.17) is 18.9 Å². The number of hydrogen-bond donors (Lipinski definition) is 0. The van der Waals surface area contributed by atoms with Gasteiger partial charge in [-0.25, -0.2) is 0 Å². The summed E-state index contributed by atoms with van der Waals surface area (Å²) in [7, 11) is 0. The Bertz CT molecular complexity index is 844. The van der Waals surface area contributed by atoms with Gasteiger partial charge in [0, 0.05) is 26.3 Å². The molecule has 0 N–H and O–H groups in total. The van der Waals surface area contributed by atoms with Crippen molar-refractivity contribution in [1.82, 2.24) is 9.80 Å². The predicted octanol–water partition coefficient (Wildman–Crippen LogP) is 10.9. The Morgan fingerprint density at radius 3 is 1.38 bits per heavy atom. The Morgan fingerprint density at radius 1 is 0.519 bits per heavy atom. The first kappa shape index (κ1) is 48.8. The summed E-state index contributed by atoms with van der Waals surface area (Å²) < 4.78 is 23.9. The normalized spacial score (nSPS) is 20.5. The molecule has 8 heteroatoms. The molecule has 5 unspecified atom stereocenters. The van der Waals surface area contributed by atoms with E-state index in [1.807, 2.05) is 6.92 Å². The van der Waals surface area contributed by atoms with Crippen molar-refractivity contribution in [1.29, 1.82) is 0 Å². The molecule has 0 aromatic heterocycles.